The number of para-hydroxylation sites is 1. The first-order chi connectivity index (χ1) is 16.9. The van der Waals surface area contributed by atoms with Gasteiger partial charge in [-0.25, -0.2) is 8.42 Å². The van der Waals surface area contributed by atoms with Crippen LogP contribution < -0.4 is 19.5 Å². The molecule has 35 heavy (non-hydrogen) atoms. The molecule has 4 rings (SSSR count). The number of nitrogens with one attached hydrogen (secondary N) is 3. The number of anilines is 2. The SMILES string of the molecule is CCOc1ccc(S(=O)(=O)Nc2cccc(C(=O)Nc3cc(-c4ccccc4OC)[nH]n3)c2)cc1. The number of hydrogen-bond acceptors (Lipinski definition) is 6. The van der Waals surface area contributed by atoms with Crippen LogP contribution in [0.15, 0.2) is 83.8 Å². The van der Waals surface area contributed by atoms with Crippen LogP contribution in [0.4, 0.5) is 11.5 Å². The lowest BCUT2D eigenvalue weighted by atomic mass is 10.1. The summed E-state index contributed by atoms with van der Waals surface area (Å²) in [7, 11) is -2.27. The lowest BCUT2D eigenvalue weighted by Crippen LogP contribution is -2.15. The average molecular weight is 493 g/mol. The highest BCUT2D eigenvalue weighted by Gasteiger charge is 2.16. The molecule has 0 unspecified atom stereocenters. The number of nitrogens with zero attached hydrogens (tertiary/aromatic N) is 1. The summed E-state index contributed by atoms with van der Waals surface area (Å²) in [6.45, 7) is 2.33. The maximum atomic E-state index is 12.8. The van der Waals surface area contributed by atoms with Crippen molar-refractivity contribution in [1.82, 2.24) is 10.2 Å². The Kier molecular flexibility index (Phi) is 7.02. The predicted octanol–water partition coefficient (Wildman–Crippen LogP) is 4.54. The summed E-state index contributed by atoms with van der Waals surface area (Å²) in [5, 5.41) is 9.73. The first kappa shape index (κ1) is 23.8. The highest BCUT2D eigenvalue weighted by molar-refractivity contribution is 7.92. The maximum absolute atomic E-state index is 12.8. The normalized spacial score (nSPS) is 11.0. The molecular weight excluding hydrogens is 468 g/mol. The van der Waals surface area contributed by atoms with Gasteiger partial charge in [0.25, 0.3) is 15.9 Å². The van der Waals surface area contributed by atoms with E-state index in [1.165, 1.54) is 18.2 Å². The van der Waals surface area contributed by atoms with Crippen molar-refractivity contribution in [2.45, 2.75) is 11.8 Å². The van der Waals surface area contributed by atoms with Gasteiger partial charge in [0.2, 0.25) is 0 Å². The number of rotatable bonds is 9. The maximum Gasteiger partial charge on any atom is 0.261 e. The smallest absolute Gasteiger partial charge is 0.261 e. The van der Waals surface area contributed by atoms with Gasteiger partial charge < -0.3 is 14.8 Å². The number of aromatic amines is 1. The highest BCUT2D eigenvalue weighted by atomic mass is 32.2. The van der Waals surface area contributed by atoms with Crippen molar-refractivity contribution in [3.63, 3.8) is 0 Å². The Morgan fingerprint density at radius 3 is 2.51 bits per heavy atom. The van der Waals surface area contributed by atoms with Gasteiger partial charge in [-0.2, -0.15) is 5.10 Å². The molecule has 1 heterocycles. The third-order valence-electron chi connectivity index (χ3n) is 5.04. The zero-order chi connectivity index (χ0) is 24.8. The van der Waals surface area contributed by atoms with Gasteiger partial charge in [-0.05, 0) is 61.5 Å². The van der Waals surface area contributed by atoms with Gasteiger partial charge in [0.05, 0.1) is 24.3 Å². The van der Waals surface area contributed by atoms with Crippen molar-refractivity contribution >= 4 is 27.4 Å². The van der Waals surface area contributed by atoms with Gasteiger partial charge >= 0.3 is 0 Å². The number of aromatic nitrogens is 2. The molecule has 4 aromatic rings. The molecule has 0 bridgehead atoms. The van der Waals surface area contributed by atoms with Crippen molar-refractivity contribution in [3.8, 4) is 22.8 Å². The molecule has 9 nitrogen and oxygen atoms in total. The van der Waals surface area contributed by atoms with Gasteiger partial charge in [0.1, 0.15) is 11.5 Å². The monoisotopic (exact) mass is 492 g/mol. The van der Waals surface area contributed by atoms with Gasteiger partial charge in [0.15, 0.2) is 5.82 Å². The molecule has 0 fully saturated rings. The average Bonchev–Trinajstić information content (AvgIpc) is 3.32. The minimum Gasteiger partial charge on any atom is -0.496 e. The van der Waals surface area contributed by atoms with E-state index in [1.807, 2.05) is 31.2 Å². The summed E-state index contributed by atoms with van der Waals surface area (Å²) in [4.78, 5) is 12.9. The second-order valence-electron chi connectivity index (χ2n) is 7.41. The summed E-state index contributed by atoms with van der Waals surface area (Å²) in [6, 6.07) is 21.4. The second kappa shape index (κ2) is 10.3. The van der Waals surface area contributed by atoms with E-state index in [-0.39, 0.29) is 16.1 Å². The van der Waals surface area contributed by atoms with Gasteiger partial charge in [-0.15, -0.1) is 0 Å². The number of ether oxygens (including phenoxy) is 2. The molecule has 3 N–H and O–H groups in total. The van der Waals surface area contributed by atoms with E-state index < -0.39 is 15.9 Å². The zero-order valence-corrected chi connectivity index (χ0v) is 19.9. The van der Waals surface area contributed by atoms with Crippen LogP contribution in [-0.4, -0.2) is 38.2 Å². The van der Waals surface area contributed by atoms with E-state index in [2.05, 4.69) is 20.2 Å². The van der Waals surface area contributed by atoms with Gasteiger partial charge in [-0.1, -0.05) is 18.2 Å². The highest BCUT2D eigenvalue weighted by Crippen LogP contribution is 2.29. The minimum absolute atomic E-state index is 0.0798. The predicted molar refractivity (Wildman–Crippen MR) is 133 cm³/mol. The molecule has 0 aliphatic heterocycles. The standard InChI is InChI=1S/C25H24N4O5S/c1-3-34-19-11-13-20(14-12-19)35(31,32)29-18-8-6-7-17(15-18)25(30)26-24-16-22(27-28-24)21-9-4-5-10-23(21)33-2/h4-16,29H,3H2,1-2H3,(H2,26,27,28,30). The van der Waals surface area contributed by atoms with Crippen LogP contribution in [0.25, 0.3) is 11.3 Å². The van der Waals surface area contributed by atoms with Gasteiger partial charge in [0, 0.05) is 22.9 Å². The fraction of sp³-hybridized carbons (Fsp3) is 0.120. The fourth-order valence-corrected chi connectivity index (χ4v) is 4.45. The molecule has 3 aromatic carbocycles. The third kappa shape index (κ3) is 5.61. The van der Waals surface area contributed by atoms with Crippen LogP contribution in [0, 0.1) is 0 Å². The number of hydrogen-bond donors (Lipinski definition) is 3. The molecule has 10 heteroatoms. The van der Waals surface area contributed by atoms with Crippen molar-refractivity contribution in [1.29, 1.82) is 0 Å². The molecule has 0 saturated carbocycles. The number of benzene rings is 3. The first-order valence-corrected chi connectivity index (χ1v) is 12.2. The Balaban J connectivity index is 1.47. The molecule has 0 atom stereocenters. The Morgan fingerprint density at radius 1 is 1.00 bits per heavy atom. The van der Waals surface area contributed by atoms with E-state index in [4.69, 9.17) is 9.47 Å². The number of sulfonamides is 1. The fourth-order valence-electron chi connectivity index (χ4n) is 3.40. The lowest BCUT2D eigenvalue weighted by molar-refractivity contribution is 0.102. The van der Waals surface area contributed by atoms with Crippen LogP contribution in [-0.2, 0) is 10.0 Å². The number of methoxy groups -OCH3 is 1. The first-order valence-electron chi connectivity index (χ1n) is 10.8. The molecule has 0 aliphatic carbocycles. The quantitative estimate of drug-likeness (QED) is 0.315. The van der Waals surface area contributed by atoms with Gasteiger partial charge in [-0.3, -0.25) is 14.6 Å². The van der Waals surface area contributed by atoms with E-state index in [1.54, 1.807) is 43.5 Å². The molecule has 0 aliphatic rings. The van der Waals surface area contributed by atoms with E-state index in [0.717, 1.165) is 5.56 Å². The molecular formula is C25H24N4O5S. The lowest BCUT2D eigenvalue weighted by Gasteiger charge is -2.10. The van der Waals surface area contributed by atoms with Crippen molar-refractivity contribution in [3.05, 3.63) is 84.4 Å². The number of H-pyrrole nitrogens is 1. The Hall–Kier alpha value is -4.31. The molecule has 0 saturated heterocycles. The third-order valence-corrected chi connectivity index (χ3v) is 6.44. The molecule has 180 valence electrons. The number of carbonyl (C=O) groups excluding carboxylic acids is 1. The number of carbonyl (C=O) groups is 1. The Morgan fingerprint density at radius 2 is 1.77 bits per heavy atom. The van der Waals surface area contributed by atoms with Crippen LogP contribution >= 0.6 is 0 Å². The Labute approximate surface area is 203 Å². The zero-order valence-electron chi connectivity index (χ0n) is 19.1. The van der Waals surface area contributed by atoms with Crippen LogP contribution in [0.5, 0.6) is 11.5 Å². The van der Waals surface area contributed by atoms with Crippen LogP contribution in [0.2, 0.25) is 0 Å². The molecule has 1 amide bonds. The van der Waals surface area contributed by atoms with E-state index in [9.17, 15) is 13.2 Å². The van der Waals surface area contributed by atoms with Crippen molar-refractivity contribution in [2.75, 3.05) is 23.8 Å². The Bertz CT molecular complexity index is 1430. The van der Waals surface area contributed by atoms with E-state index >= 15 is 0 Å². The summed E-state index contributed by atoms with van der Waals surface area (Å²) in [5.41, 5.74) is 1.99. The van der Waals surface area contributed by atoms with Crippen LogP contribution in [0.1, 0.15) is 17.3 Å². The summed E-state index contributed by atoms with van der Waals surface area (Å²) in [5.74, 6) is 1.13. The molecule has 0 radical (unpaired) electrons. The topological polar surface area (TPSA) is 122 Å². The largest absolute Gasteiger partial charge is 0.496 e. The van der Waals surface area contributed by atoms with Crippen molar-refractivity contribution in [2.24, 2.45) is 0 Å². The summed E-state index contributed by atoms with van der Waals surface area (Å²) in [6.07, 6.45) is 0. The number of amides is 1. The minimum atomic E-state index is -3.85. The van der Waals surface area contributed by atoms with Crippen LogP contribution in [0.3, 0.4) is 0 Å². The second-order valence-corrected chi connectivity index (χ2v) is 9.09. The van der Waals surface area contributed by atoms with E-state index in [0.29, 0.717) is 29.6 Å². The summed E-state index contributed by atoms with van der Waals surface area (Å²) < 4.78 is 38.7. The summed E-state index contributed by atoms with van der Waals surface area (Å²) >= 11 is 0. The van der Waals surface area contributed by atoms with Crippen molar-refractivity contribution < 1.29 is 22.7 Å². The molecule has 1 aromatic heterocycles. The molecule has 0 spiro atoms.